The molecule has 0 radical (unpaired) electrons. The summed E-state index contributed by atoms with van der Waals surface area (Å²) in [5.41, 5.74) is 9.94. The van der Waals surface area contributed by atoms with Gasteiger partial charge in [-0.1, -0.05) is 41.4 Å². The largest absolute Gasteiger partial charge is 0.397 e. The maximum atomic E-state index is 9.45. The second kappa shape index (κ2) is 5.53. The molecule has 2 nitrogen and oxygen atoms in total. The summed E-state index contributed by atoms with van der Waals surface area (Å²) in [4.78, 5) is 0. The van der Waals surface area contributed by atoms with E-state index in [2.05, 4.69) is 6.07 Å². The van der Waals surface area contributed by atoms with Gasteiger partial charge in [0.05, 0.1) is 11.3 Å². The first-order chi connectivity index (χ1) is 10.5. The van der Waals surface area contributed by atoms with Gasteiger partial charge in [0.15, 0.2) is 0 Å². The molecule has 2 N–H and O–H groups in total. The molecule has 0 aliphatic rings. The van der Waals surface area contributed by atoms with E-state index < -0.39 is 0 Å². The Morgan fingerprint density at radius 2 is 1.59 bits per heavy atom. The third-order valence-corrected chi connectivity index (χ3v) is 4.29. The van der Waals surface area contributed by atoms with E-state index in [1.165, 1.54) is 0 Å². The number of hydrogen-bond donors (Lipinski definition) is 1. The van der Waals surface area contributed by atoms with Crippen LogP contribution in [0.25, 0.3) is 21.9 Å². The lowest BCUT2D eigenvalue weighted by Crippen LogP contribution is -1.99. The fourth-order valence-corrected chi connectivity index (χ4v) is 3.05. The lowest BCUT2D eigenvalue weighted by atomic mass is 9.89. The molecule has 0 aliphatic heterocycles. The molecule has 3 aromatic carbocycles. The number of anilines is 1. The quantitative estimate of drug-likeness (QED) is 0.594. The van der Waals surface area contributed by atoms with Crippen LogP contribution in [0.15, 0.2) is 42.5 Å². The van der Waals surface area contributed by atoms with Crippen molar-refractivity contribution >= 4 is 39.7 Å². The number of fused-ring (bicyclic) bond motifs is 1. The van der Waals surface area contributed by atoms with Crippen molar-refractivity contribution in [3.63, 3.8) is 0 Å². The Balaban J connectivity index is 2.49. The van der Waals surface area contributed by atoms with Gasteiger partial charge in [0.2, 0.25) is 0 Å². The number of halogens is 2. The zero-order chi connectivity index (χ0) is 15.9. The highest BCUT2D eigenvalue weighted by Crippen LogP contribution is 2.39. The average molecular weight is 327 g/mol. The van der Waals surface area contributed by atoms with Crippen LogP contribution in [0.4, 0.5) is 5.69 Å². The summed E-state index contributed by atoms with van der Waals surface area (Å²) >= 11 is 12.1. The maximum Gasteiger partial charge on any atom is 0.102 e. The number of nitriles is 1. The minimum atomic E-state index is 0.490. The van der Waals surface area contributed by atoms with E-state index in [4.69, 9.17) is 28.9 Å². The van der Waals surface area contributed by atoms with Crippen molar-refractivity contribution in [1.29, 1.82) is 5.26 Å². The molecule has 22 heavy (non-hydrogen) atoms. The van der Waals surface area contributed by atoms with Crippen LogP contribution < -0.4 is 5.73 Å². The first kappa shape index (κ1) is 14.7. The molecule has 0 saturated heterocycles. The number of nitrogens with zero attached hydrogens (tertiary/aromatic N) is 1. The van der Waals surface area contributed by atoms with Gasteiger partial charge in [0, 0.05) is 15.4 Å². The number of rotatable bonds is 1. The highest BCUT2D eigenvalue weighted by Gasteiger charge is 2.16. The molecule has 0 heterocycles. The SMILES string of the molecule is Cc1c(C#N)c(N)c2ccc(Cl)cc2c1-c1ccc(Cl)cc1. The Labute approximate surface area is 138 Å². The molecule has 0 spiro atoms. The van der Waals surface area contributed by atoms with Crippen LogP contribution in [0.1, 0.15) is 11.1 Å². The molecule has 0 aromatic heterocycles. The molecule has 3 aromatic rings. The summed E-state index contributed by atoms with van der Waals surface area (Å²) in [5.74, 6) is 0. The first-order valence-corrected chi connectivity index (χ1v) is 7.46. The van der Waals surface area contributed by atoms with E-state index >= 15 is 0 Å². The predicted octanol–water partition coefficient (Wildman–Crippen LogP) is 5.58. The van der Waals surface area contributed by atoms with Crippen LogP contribution in [-0.4, -0.2) is 0 Å². The van der Waals surface area contributed by atoms with Gasteiger partial charge in [0.1, 0.15) is 6.07 Å². The monoisotopic (exact) mass is 326 g/mol. The van der Waals surface area contributed by atoms with Crippen LogP contribution >= 0.6 is 23.2 Å². The maximum absolute atomic E-state index is 9.45. The van der Waals surface area contributed by atoms with Crippen LogP contribution in [0.3, 0.4) is 0 Å². The molecular formula is C18H12Cl2N2. The Morgan fingerprint density at radius 3 is 2.23 bits per heavy atom. The number of hydrogen-bond acceptors (Lipinski definition) is 2. The van der Waals surface area contributed by atoms with Gasteiger partial charge in [-0.2, -0.15) is 5.26 Å². The molecule has 4 heteroatoms. The Bertz CT molecular complexity index is 923. The number of nitrogens with two attached hydrogens (primary N) is 1. The molecule has 0 unspecified atom stereocenters. The first-order valence-electron chi connectivity index (χ1n) is 6.70. The summed E-state index contributed by atoms with van der Waals surface area (Å²) in [5, 5.41) is 12.5. The zero-order valence-corrected chi connectivity index (χ0v) is 13.3. The van der Waals surface area contributed by atoms with Crippen LogP contribution in [0, 0.1) is 18.3 Å². The van der Waals surface area contributed by atoms with E-state index in [1.807, 2.05) is 43.3 Å². The van der Waals surface area contributed by atoms with Gasteiger partial charge in [-0.05, 0) is 53.3 Å². The normalized spacial score (nSPS) is 10.6. The third-order valence-electron chi connectivity index (χ3n) is 3.81. The minimum Gasteiger partial charge on any atom is -0.397 e. The topological polar surface area (TPSA) is 49.8 Å². The standard InChI is InChI=1S/C18H12Cl2N2/c1-10-16(9-21)18(22)14-7-6-13(20)8-15(14)17(10)11-2-4-12(19)5-3-11/h2-8H,22H2,1H3. The lowest BCUT2D eigenvalue weighted by Gasteiger charge is -2.15. The van der Waals surface area contributed by atoms with Gasteiger partial charge in [0.25, 0.3) is 0 Å². The Hall–Kier alpha value is -2.21. The van der Waals surface area contributed by atoms with Gasteiger partial charge in [-0.25, -0.2) is 0 Å². The second-order valence-corrected chi connectivity index (χ2v) is 5.97. The van der Waals surface area contributed by atoms with Crippen molar-refractivity contribution in [1.82, 2.24) is 0 Å². The van der Waals surface area contributed by atoms with Gasteiger partial charge >= 0.3 is 0 Å². The fraction of sp³-hybridized carbons (Fsp3) is 0.0556. The Morgan fingerprint density at radius 1 is 0.955 bits per heavy atom. The Kier molecular flexibility index (Phi) is 3.70. The summed E-state index contributed by atoms with van der Waals surface area (Å²) < 4.78 is 0. The van der Waals surface area contributed by atoms with Crippen molar-refractivity contribution in [2.24, 2.45) is 0 Å². The van der Waals surface area contributed by atoms with Crippen LogP contribution in [-0.2, 0) is 0 Å². The van der Waals surface area contributed by atoms with Crippen LogP contribution in [0.5, 0.6) is 0 Å². The van der Waals surface area contributed by atoms with Crippen molar-refractivity contribution in [3.05, 3.63) is 63.6 Å². The van der Waals surface area contributed by atoms with E-state index in [1.54, 1.807) is 6.07 Å². The van der Waals surface area contributed by atoms with Gasteiger partial charge in [-0.3, -0.25) is 0 Å². The average Bonchev–Trinajstić information content (AvgIpc) is 2.49. The molecule has 0 aliphatic carbocycles. The van der Waals surface area contributed by atoms with E-state index in [0.29, 0.717) is 21.3 Å². The van der Waals surface area contributed by atoms with E-state index in [-0.39, 0.29) is 0 Å². The van der Waals surface area contributed by atoms with Gasteiger partial charge in [-0.15, -0.1) is 0 Å². The summed E-state index contributed by atoms with van der Waals surface area (Å²) in [7, 11) is 0. The molecule has 3 rings (SSSR count). The van der Waals surface area contributed by atoms with Gasteiger partial charge < -0.3 is 5.73 Å². The van der Waals surface area contributed by atoms with Crippen molar-refractivity contribution in [2.45, 2.75) is 6.92 Å². The minimum absolute atomic E-state index is 0.490. The molecule has 0 saturated carbocycles. The zero-order valence-electron chi connectivity index (χ0n) is 11.8. The number of nitrogen functional groups attached to an aromatic ring is 1. The fourth-order valence-electron chi connectivity index (χ4n) is 2.75. The van der Waals surface area contributed by atoms with E-state index in [9.17, 15) is 5.26 Å². The number of benzene rings is 3. The highest BCUT2D eigenvalue weighted by molar-refractivity contribution is 6.32. The molecule has 0 fully saturated rings. The smallest absolute Gasteiger partial charge is 0.102 e. The van der Waals surface area contributed by atoms with Crippen LogP contribution in [0.2, 0.25) is 10.0 Å². The summed E-state index contributed by atoms with van der Waals surface area (Å²) in [6, 6.07) is 15.2. The molecule has 0 atom stereocenters. The van der Waals surface area contributed by atoms with Crippen molar-refractivity contribution < 1.29 is 0 Å². The predicted molar refractivity (Wildman–Crippen MR) is 93.3 cm³/mol. The molecule has 0 amide bonds. The second-order valence-electron chi connectivity index (χ2n) is 5.10. The molecule has 0 bridgehead atoms. The molecular weight excluding hydrogens is 315 g/mol. The lowest BCUT2D eigenvalue weighted by molar-refractivity contribution is 1.41. The van der Waals surface area contributed by atoms with E-state index in [0.717, 1.165) is 27.5 Å². The third kappa shape index (κ3) is 2.29. The highest BCUT2D eigenvalue weighted by atomic mass is 35.5. The summed E-state index contributed by atoms with van der Waals surface area (Å²) in [6.45, 7) is 1.90. The van der Waals surface area contributed by atoms with Crippen molar-refractivity contribution in [3.8, 4) is 17.2 Å². The van der Waals surface area contributed by atoms with Crippen molar-refractivity contribution in [2.75, 3.05) is 5.73 Å². The summed E-state index contributed by atoms with van der Waals surface area (Å²) in [6.07, 6.45) is 0. The molecule has 108 valence electrons.